The summed E-state index contributed by atoms with van der Waals surface area (Å²) in [6, 6.07) is 10.5. The highest BCUT2D eigenvalue weighted by Crippen LogP contribution is 2.32. The Morgan fingerprint density at radius 2 is 1.92 bits per heavy atom. The maximum absolute atomic E-state index is 5.93. The van der Waals surface area contributed by atoms with Gasteiger partial charge in [0.1, 0.15) is 0 Å². The molecule has 0 saturated carbocycles. The summed E-state index contributed by atoms with van der Waals surface area (Å²) in [5.74, 6) is 0.696. The van der Waals surface area contributed by atoms with Crippen LogP contribution < -0.4 is 0 Å². The maximum atomic E-state index is 5.93. The molecule has 0 unspecified atom stereocenters. The van der Waals surface area contributed by atoms with E-state index in [1.165, 1.54) is 5.56 Å². The molecule has 0 radical (unpaired) electrons. The average Bonchev–Trinajstić information content (AvgIpc) is 2.13. The van der Waals surface area contributed by atoms with Gasteiger partial charge in [-0.05, 0) is 12.0 Å². The first kappa shape index (κ1) is 9.04. The van der Waals surface area contributed by atoms with Gasteiger partial charge in [0, 0.05) is 11.3 Å². The zero-order chi connectivity index (χ0) is 9.15. The van der Waals surface area contributed by atoms with E-state index in [-0.39, 0.29) is 5.41 Å². The van der Waals surface area contributed by atoms with Crippen LogP contribution in [0.3, 0.4) is 0 Å². The maximum Gasteiger partial charge on any atom is 0.0559 e. The lowest BCUT2D eigenvalue weighted by Gasteiger charge is -2.40. The molecule has 70 valence electrons. The Morgan fingerprint density at radius 3 is 2.38 bits per heavy atom. The second kappa shape index (κ2) is 3.69. The number of benzene rings is 1. The Morgan fingerprint density at radius 1 is 1.23 bits per heavy atom. The summed E-state index contributed by atoms with van der Waals surface area (Å²) in [6.07, 6.45) is 1.04. The van der Waals surface area contributed by atoms with Crippen molar-refractivity contribution in [2.24, 2.45) is 5.41 Å². The molecule has 13 heavy (non-hydrogen) atoms. The highest BCUT2D eigenvalue weighted by Gasteiger charge is 2.37. The van der Waals surface area contributed by atoms with Gasteiger partial charge in [0.25, 0.3) is 0 Å². The van der Waals surface area contributed by atoms with E-state index in [0.717, 1.165) is 19.6 Å². The van der Waals surface area contributed by atoms with E-state index in [2.05, 4.69) is 24.3 Å². The lowest BCUT2D eigenvalue weighted by Crippen LogP contribution is -2.45. The normalized spacial score (nSPS) is 19.5. The summed E-state index contributed by atoms with van der Waals surface area (Å²) >= 11 is 5.93. The summed E-state index contributed by atoms with van der Waals surface area (Å²) < 4.78 is 5.22. The van der Waals surface area contributed by atoms with Crippen LogP contribution in [0.4, 0.5) is 0 Å². The van der Waals surface area contributed by atoms with Crippen LogP contribution in [0.15, 0.2) is 30.3 Å². The van der Waals surface area contributed by atoms with Gasteiger partial charge in [-0.1, -0.05) is 30.3 Å². The molecule has 0 aromatic heterocycles. The Labute approximate surface area is 83.7 Å². The minimum Gasteiger partial charge on any atom is -0.380 e. The van der Waals surface area contributed by atoms with Crippen molar-refractivity contribution in [3.63, 3.8) is 0 Å². The third-order valence-corrected chi connectivity index (χ3v) is 3.09. The van der Waals surface area contributed by atoms with E-state index in [1.54, 1.807) is 0 Å². The van der Waals surface area contributed by atoms with Gasteiger partial charge < -0.3 is 4.74 Å². The van der Waals surface area contributed by atoms with E-state index in [9.17, 15) is 0 Å². The van der Waals surface area contributed by atoms with Crippen molar-refractivity contribution < 1.29 is 4.74 Å². The van der Waals surface area contributed by atoms with Gasteiger partial charge in [0.05, 0.1) is 13.2 Å². The third-order valence-electron chi connectivity index (χ3n) is 2.52. The van der Waals surface area contributed by atoms with E-state index < -0.39 is 0 Å². The Kier molecular flexibility index (Phi) is 2.56. The van der Waals surface area contributed by atoms with E-state index >= 15 is 0 Å². The fraction of sp³-hybridized carbons (Fsp3) is 0.455. The standard InChI is InChI=1S/C11H13ClO/c12-7-11(8-13-9-11)6-10-4-2-1-3-5-10/h1-5H,6-9H2. The molecule has 2 heteroatoms. The monoisotopic (exact) mass is 196 g/mol. The topological polar surface area (TPSA) is 9.23 Å². The van der Waals surface area contributed by atoms with Crippen molar-refractivity contribution in [1.29, 1.82) is 0 Å². The summed E-state index contributed by atoms with van der Waals surface area (Å²) in [4.78, 5) is 0. The first-order valence-electron chi connectivity index (χ1n) is 4.52. The SMILES string of the molecule is ClCC1(Cc2ccccc2)COC1. The molecule has 0 N–H and O–H groups in total. The van der Waals surface area contributed by atoms with Crippen LogP contribution in [0.25, 0.3) is 0 Å². The molecule has 1 aliphatic heterocycles. The van der Waals surface area contributed by atoms with Crippen molar-refractivity contribution in [3.8, 4) is 0 Å². The predicted octanol–water partition coefficient (Wildman–Crippen LogP) is 2.48. The lowest BCUT2D eigenvalue weighted by atomic mass is 9.82. The molecule has 0 spiro atoms. The molecule has 1 nitrogen and oxygen atoms in total. The molecular formula is C11H13ClO. The zero-order valence-corrected chi connectivity index (χ0v) is 8.26. The van der Waals surface area contributed by atoms with Crippen molar-refractivity contribution in [1.82, 2.24) is 0 Å². The molecule has 1 aromatic rings. The van der Waals surface area contributed by atoms with Crippen LogP contribution in [0, 0.1) is 5.41 Å². The number of hydrogen-bond donors (Lipinski definition) is 0. The lowest BCUT2D eigenvalue weighted by molar-refractivity contribution is -0.0980. The predicted molar refractivity (Wildman–Crippen MR) is 54.1 cm³/mol. The zero-order valence-electron chi connectivity index (χ0n) is 7.50. The van der Waals surface area contributed by atoms with Gasteiger partial charge in [0.2, 0.25) is 0 Å². The summed E-state index contributed by atoms with van der Waals surface area (Å²) in [5.41, 5.74) is 1.56. The van der Waals surface area contributed by atoms with Crippen molar-refractivity contribution in [3.05, 3.63) is 35.9 Å². The molecule has 0 amide bonds. The summed E-state index contributed by atoms with van der Waals surface area (Å²) in [6.45, 7) is 1.62. The first-order valence-corrected chi connectivity index (χ1v) is 5.06. The fourth-order valence-electron chi connectivity index (χ4n) is 1.65. The molecule has 0 bridgehead atoms. The number of halogens is 1. The van der Waals surface area contributed by atoms with Gasteiger partial charge in [-0.2, -0.15) is 0 Å². The molecule has 1 fully saturated rings. The number of rotatable bonds is 3. The average molecular weight is 197 g/mol. The van der Waals surface area contributed by atoms with Crippen LogP contribution >= 0.6 is 11.6 Å². The molecule has 1 aromatic carbocycles. The van der Waals surface area contributed by atoms with Crippen LogP contribution in [0.1, 0.15) is 5.56 Å². The Balaban J connectivity index is 2.05. The molecule has 0 aliphatic carbocycles. The quantitative estimate of drug-likeness (QED) is 0.675. The minimum atomic E-state index is 0.211. The molecular weight excluding hydrogens is 184 g/mol. The van der Waals surface area contributed by atoms with E-state index in [4.69, 9.17) is 16.3 Å². The van der Waals surface area contributed by atoms with Gasteiger partial charge in [-0.3, -0.25) is 0 Å². The number of ether oxygens (including phenoxy) is 1. The Hall–Kier alpha value is -0.530. The molecule has 0 atom stereocenters. The van der Waals surface area contributed by atoms with Crippen LogP contribution in [-0.2, 0) is 11.2 Å². The van der Waals surface area contributed by atoms with Crippen molar-refractivity contribution in [2.45, 2.75) is 6.42 Å². The highest BCUT2D eigenvalue weighted by atomic mass is 35.5. The molecule has 1 aliphatic rings. The van der Waals surface area contributed by atoms with Gasteiger partial charge >= 0.3 is 0 Å². The minimum absolute atomic E-state index is 0.211. The number of hydrogen-bond acceptors (Lipinski definition) is 1. The van der Waals surface area contributed by atoms with Gasteiger partial charge in [-0.15, -0.1) is 11.6 Å². The number of alkyl halides is 1. The second-order valence-electron chi connectivity index (χ2n) is 3.79. The van der Waals surface area contributed by atoms with E-state index in [1.807, 2.05) is 6.07 Å². The van der Waals surface area contributed by atoms with Crippen LogP contribution in [-0.4, -0.2) is 19.1 Å². The fourth-order valence-corrected chi connectivity index (χ4v) is 1.89. The molecule has 1 saturated heterocycles. The molecule has 1 heterocycles. The third kappa shape index (κ3) is 1.87. The Bertz CT molecular complexity index is 261. The van der Waals surface area contributed by atoms with Crippen LogP contribution in [0.5, 0.6) is 0 Å². The first-order chi connectivity index (χ1) is 6.35. The van der Waals surface area contributed by atoms with E-state index in [0.29, 0.717) is 5.88 Å². The van der Waals surface area contributed by atoms with Crippen molar-refractivity contribution >= 4 is 11.6 Å². The summed E-state index contributed by atoms with van der Waals surface area (Å²) in [7, 11) is 0. The second-order valence-corrected chi connectivity index (χ2v) is 4.06. The van der Waals surface area contributed by atoms with Gasteiger partial charge in [-0.25, -0.2) is 0 Å². The smallest absolute Gasteiger partial charge is 0.0559 e. The molecule has 2 rings (SSSR count). The van der Waals surface area contributed by atoms with Crippen LogP contribution in [0.2, 0.25) is 0 Å². The largest absolute Gasteiger partial charge is 0.380 e. The van der Waals surface area contributed by atoms with Gasteiger partial charge in [0.15, 0.2) is 0 Å². The highest BCUT2D eigenvalue weighted by molar-refractivity contribution is 6.18. The summed E-state index contributed by atoms with van der Waals surface area (Å²) in [5, 5.41) is 0. The van der Waals surface area contributed by atoms with Crippen molar-refractivity contribution in [2.75, 3.05) is 19.1 Å².